The summed E-state index contributed by atoms with van der Waals surface area (Å²) in [6, 6.07) is 20.1. The van der Waals surface area contributed by atoms with E-state index in [4.69, 9.17) is 5.73 Å². The van der Waals surface area contributed by atoms with Gasteiger partial charge in [0.1, 0.15) is 0 Å². The van der Waals surface area contributed by atoms with E-state index in [1.54, 1.807) is 12.1 Å². The predicted octanol–water partition coefficient (Wildman–Crippen LogP) is -0.153. The standard InChI is InChI=1S/C9H11NO.C9H7.C2H6Si.2ClH.Zr/c1-6-3-7(2)5-8(4-6)9(10)11;1-2-5-9-7-3-6-8(9)4-1;1-3-2;;;/h3-5H,1-2H3,(H2,10,11);1-7H;1-2H3;2*1H;/q;-1;;;;+4/p-3. The Kier molecular flexibility index (Phi) is 18.9. The maximum absolute atomic E-state index is 10.6. The van der Waals surface area contributed by atoms with Gasteiger partial charge in [0.25, 0.3) is 0 Å². The van der Waals surface area contributed by atoms with E-state index >= 15 is 0 Å². The third-order valence-corrected chi connectivity index (χ3v) is 3.03. The average molecular weight is 484 g/mol. The maximum Gasteiger partial charge on any atom is 4.00 e. The number of amides is 1. The Morgan fingerprint density at radius 1 is 0.962 bits per heavy atom. The third kappa shape index (κ3) is 11.0. The van der Waals surface area contributed by atoms with E-state index in [0.717, 1.165) is 20.6 Å². The van der Waals surface area contributed by atoms with Gasteiger partial charge in [-0.1, -0.05) is 48.5 Å². The number of benzene rings is 2. The summed E-state index contributed by atoms with van der Waals surface area (Å²) >= 11 is 0. The van der Waals surface area contributed by atoms with Crippen molar-refractivity contribution >= 4 is 26.2 Å². The molecule has 3 aromatic rings. The van der Waals surface area contributed by atoms with Crippen LogP contribution in [0.5, 0.6) is 0 Å². The molecule has 0 bridgehead atoms. The number of nitrogens with one attached hydrogen (secondary N) is 1. The molecule has 0 saturated carbocycles. The summed E-state index contributed by atoms with van der Waals surface area (Å²) in [5.74, 6) is -0.614. The Labute approximate surface area is 191 Å². The zero-order chi connectivity index (χ0) is 17.2. The molecule has 3 aromatic carbocycles. The van der Waals surface area contributed by atoms with Gasteiger partial charge in [0.2, 0.25) is 0 Å². The van der Waals surface area contributed by atoms with Crippen LogP contribution in [0.2, 0.25) is 13.1 Å². The molecular weight excluding hydrogens is 460 g/mol. The number of carbonyl (C=O) groups excluding carboxylic acids is 1. The van der Waals surface area contributed by atoms with Crippen molar-refractivity contribution in [3.05, 3.63) is 83.1 Å². The fourth-order valence-electron chi connectivity index (χ4n) is 2.18. The third-order valence-electron chi connectivity index (χ3n) is 3.03. The van der Waals surface area contributed by atoms with E-state index in [-0.39, 0.29) is 51.0 Å². The van der Waals surface area contributed by atoms with Crippen molar-refractivity contribution in [3.63, 3.8) is 0 Å². The molecule has 0 saturated heterocycles. The Morgan fingerprint density at radius 3 is 1.92 bits per heavy atom. The monoisotopic (exact) mass is 481 g/mol. The van der Waals surface area contributed by atoms with Crippen molar-refractivity contribution in [3.8, 4) is 0 Å². The molecule has 6 heteroatoms. The first-order valence-corrected chi connectivity index (χ1v) is 9.51. The number of aryl methyl sites for hydroxylation is 2. The van der Waals surface area contributed by atoms with Crippen LogP contribution in [-0.4, -0.2) is 15.4 Å². The number of hydrogen-bond acceptors (Lipinski definition) is 1. The minimum absolute atomic E-state index is 0. The van der Waals surface area contributed by atoms with Crippen molar-refractivity contribution in [2.75, 3.05) is 0 Å². The molecule has 0 unspecified atom stereocenters. The van der Waals surface area contributed by atoms with E-state index in [2.05, 4.69) is 55.6 Å². The SMILES string of the molecule is C[Si]C.Cc1cc(C)cc(C([NH-])=O)c1.[Cl-].[Cl-].[Zr+4].c1ccc2[cH-]ccc2c1. The topological polar surface area (TPSA) is 40.9 Å². The number of hydrogen-bond donors (Lipinski definition) is 0. The van der Waals surface area contributed by atoms with Crippen LogP contribution in [0.3, 0.4) is 0 Å². The van der Waals surface area contributed by atoms with E-state index < -0.39 is 5.91 Å². The molecule has 0 aromatic heterocycles. The zero-order valence-corrected chi connectivity index (χ0v) is 20.4. The molecule has 3 rings (SSSR count). The van der Waals surface area contributed by atoms with Gasteiger partial charge in [-0.05, 0) is 19.4 Å². The molecule has 0 aliphatic heterocycles. The van der Waals surface area contributed by atoms with Crippen molar-refractivity contribution in [2.45, 2.75) is 26.9 Å². The van der Waals surface area contributed by atoms with Gasteiger partial charge in [0, 0.05) is 9.52 Å². The molecule has 0 aliphatic rings. The second-order valence-electron chi connectivity index (χ2n) is 5.36. The first kappa shape index (κ1) is 29.9. The molecule has 2 nitrogen and oxygen atoms in total. The summed E-state index contributed by atoms with van der Waals surface area (Å²) < 4.78 is 0. The van der Waals surface area contributed by atoms with Gasteiger partial charge in [0.15, 0.2) is 0 Å². The number of carbonyl (C=O) groups is 1. The zero-order valence-electron chi connectivity index (χ0n) is 15.4. The maximum atomic E-state index is 10.6. The molecule has 0 fully saturated rings. The summed E-state index contributed by atoms with van der Waals surface area (Å²) in [4.78, 5) is 10.6. The van der Waals surface area contributed by atoms with E-state index in [1.807, 2.05) is 19.9 Å². The fourth-order valence-corrected chi connectivity index (χ4v) is 2.18. The van der Waals surface area contributed by atoms with Gasteiger partial charge in [-0.3, -0.25) is 0 Å². The summed E-state index contributed by atoms with van der Waals surface area (Å²) in [5.41, 5.74) is 9.40. The van der Waals surface area contributed by atoms with Crippen LogP contribution < -0.4 is 24.8 Å². The summed E-state index contributed by atoms with van der Waals surface area (Å²) in [5, 5.41) is 2.66. The van der Waals surface area contributed by atoms with Crippen LogP contribution in [0.25, 0.3) is 16.5 Å². The fraction of sp³-hybridized carbons (Fsp3) is 0.200. The molecule has 2 radical (unpaired) electrons. The van der Waals surface area contributed by atoms with Gasteiger partial charge in [0.05, 0.1) is 5.91 Å². The molecule has 136 valence electrons. The Balaban J connectivity index is -0.000000324. The molecule has 0 atom stereocenters. The molecule has 26 heavy (non-hydrogen) atoms. The van der Waals surface area contributed by atoms with Crippen molar-refractivity contribution in [1.82, 2.24) is 0 Å². The average Bonchev–Trinajstić information content (AvgIpc) is 2.96. The minimum atomic E-state index is -0.614. The summed E-state index contributed by atoms with van der Waals surface area (Å²) in [6.45, 7) is 8.14. The number of halogens is 2. The molecule has 0 spiro atoms. The van der Waals surface area contributed by atoms with Gasteiger partial charge < -0.3 is 35.3 Å². The first-order chi connectivity index (χ1) is 11.0. The van der Waals surface area contributed by atoms with Crippen LogP contribution >= 0.6 is 0 Å². The van der Waals surface area contributed by atoms with Crippen LogP contribution in [-0.2, 0) is 26.2 Å². The smallest absolute Gasteiger partial charge is 1.00 e. The van der Waals surface area contributed by atoms with Crippen molar-refractivity contribution in [2.24, 2.45) is 0 Å². The second-order valence-corrected chi connectivity index (χ2v) is 6.36. The number of fused-ring (bicyclic) bond motifs is 1. The van der Waals surface area contributed by atoms with Gasteiger partial charge in [-0.2, -0.15) is 17.5 Å². The Bertz CT molecular complexity index is 712. The molecule has 1 amide bonds. The van der Waals surface area contributed by atoms with Crippen molar-refractivity contribution < 1.29 is 55.8 Å². The van der Waals surface area contributed by atoms with E-state index in [0.29, 0.717) is 5.56 Å². The summed E-state index contributed by atoms with van der Waals surface area (Å²) in [6.07, 6.45) is 0. The Morgan fingerprint density at radius 2 is 1.46 bits per heavy atom. The summed E-state index contributed by atoms with van der Waals surface area (Å²) in [7, 11) is 1.08. The normalized spacial score (nSPS) is 8.31. The van der Waals surface area contributed by atoms with Crippen LogP contribution in [0.1, 0.15) is 21.5 Å². The van der Waals surface area contributed by atoms with E-state index in [9.17, 15) is 4.79 Å². The predicted molar refractivity (Wildman–Crippen MR) is 102 cm³/mol. The number of rotatable bonds is 1. The van der Waals surface area contributed by atoms with E-state index in [1.165, 1.54) is 10.8 Å². The minimum Gasteiger partial charge on any atom is -1.00 e. The molecular formula is C20H23Cl2NOSiZr. The molecule has 1 N–H and O–H groups in total. The second kappa shape index (κ2) is 16.4. The molecule has 0 heterocycles. The van der Waals surface area contributed by atoms with Crippen molar-refractivity contribution in [1.29, 1.82) is 0 Å². The van der Waals surface area contributed by atoms with Gasteiger partial charge >= 0.3 is 26.2 Å². The van der Waals surface area contributed by atoms with Gasteiger partial charge in [-0.15, -0.1) is 29.7 Å². The van der Waals surface area contributed by atoms with Crippen LogP contribution in [0.15, 0.2) is 60.7 Å². The van der Waals surface area contributed by atoms with Crippen LogP contribution in [0, 0.1) is 13.8 Å². The van der Waals surface area contributed by atoms with Gasteiger partial charge in [-0.25, -0.2) is 0 Å². The first-order valence-electron chi connectivity index (χ1n) is 7.51. The molecule has 0 aliphatic carbocycles. The largest absolute Gasteiger partial charge is 4.00 e. The van der Waals surface area contributed by atoms with Crippen LogP contribution in [0.4, 0.5) is 0 Å². The quantitative estimate of drug-likeness (QED) is 0.351. The Hall–Kier alpha value is -0.800.